The average Bonchev–Trinajstić information content (AvgIpc) is 2.36. The van der Waals surface area contributed by atoms with Gasteiger partial charge in [-0.3, -0.25) is 0 Å². The molecule has 2 N–H and O–H groups in total. The van der Waals surface area contributed by atoms with E-state index in [0.717, 1.165) is 17.3 Å². The fourth-order valence-corrected chi connectivity index (χ4v) is 3.28. The monoisotopic (exact) mass is 329 g/mol. The van der Waals surface area contributed by atoms with Crippen LogP contribution in [-0.4, -0.2) is 11.8 Å². The number of rotatable bonds is 8. The van der Waals surface area contributed by atoms with E-state index >= 15 is 0 Å². The highest BCUT2D eigenvalue weighted by Crippen LogP contribution is 2.28. The maximum atomic E-state index is 6.08. The number of nitrogens with two attached hydrogens (primary N) is 1. The molecular formula is C15H24BrNS. The van der Waals surface area contributed by atoms with Crippen LogP contribution in [0.25, 0.3) is 0 Å². The van der Waals surface area contributed by atoms with Crippen LogP contribution in [0.1, 0.15) is 45.1 Å². The first-order valence-corrected chi connectivity index (χ1v) is 8.62. The molecule has 1 aromatic carbocycles. The highest BCUT2D eigenvalue weighted by Gasteiger charge is 2.08. The summed E-state index contributed by atoms with van der Waals surface area (Å²) < 4.78 is 1.15. The van der Waals surface area contributed by atoms with E-state index in [0.29, 0.717) is 0 Å². The lowest BCUT2D eigenvalue weighted by Crippen LogP contribution is -2.21. The predicted molar refractivity (Wildman–Crippen MR) is 86.4 cm³/mol. The maximum absolute atomic E-state index is 6.08. The molecule has 0 fully saturated rings. The van der Waals surface area contributed by atoms with Crippen LogP contribution < -0.4 is 5.73 Å². The van der Waals surface area contributed by atoms with Gasteiger partial charge in [0.25, 0.3) is 0 Å². The number of unbranched alkanes of at least 4 members (excludes halogenated alkanes) is 2. The first kappa shape index (κ1) is 16.1. The Kier molecular flexibility index (Phi) is 8.03. The Balaban J connectivity index is 2.64. The van der Waals surface area contributed by atoms with Gasteiger partial charge in [-0.05, 0) is 48.8 Å². The minimum absolute atomic E-state index is 0.272. The summed E-state index contributed by atoms with van der Waals surface area (Å²) in [6.45, 7) is 4.40. The van der Waals surface area contributed by atoms with Crippen molar-refractivity contribution >= 4 is 27.7 Å². The van der Waals surface area contributed by atoms with Crippen LogP contribution in [0.3, 0.4) is 0 Å². The summed E-state index contributed by atoms with van der Waals surface area (Å²) in [5.74, 6) is 1.21. The van der Waals surface area contributed by atoms with Gasteiger partial charge in [-0.1, -0.05) is 42.6 Å². The molecule has 0 spiro atoms. The highest BCUT2D eigenvalue weighted by atomic mass is 79.9. The molecule has 102 valence electrons. The van der Waals surface area contributed by atoms with Crippen molar-refractivity contribution in [2.75, 3.05) is 5.75 Å². The van der Waals surface area contributed by atoms with Gasteiger partial charge in [-0.15, -0.1) is 11.8 Å². The maximum Gasteiger partial charge on any atom is 0.0178 e. The molecule has 0 saturated heterocycles. The van der Waals surface area contributed by atoms with Gasteiger partial charge in [0.15, 0.2) is 0 Å². The first-order chi connectivity index (χ1) is 8.67. The van der Waals surface area contributed by atoms with E-state index in [9.17, 15) is 0 Å². The van der Waals surface area contributed by atoms with Crippen LogP contribution in [-0.2, 0) is 6.42 Å². The minimum Gasteiger partial charge on any atom is -0.327 e. The van der Waals surface area contributed by atoms with Gasteiger partial charge < -0.3 is 5.73 Å². The summed E-state index contributed by atoms with van der Waals surface area (Å²) in [7, 11) is 0. The summed E-state index contributed by atoms with van der Waals surface area (Å²) in [4.78, 5) is 1.40. The molecule has 0 radical (unpaired) electrons. The standard InChI is InChI=1S/C15H24BrNS/c1-3-5-6-9-18-15-8-7-13(16)10-12(15)11-14(17)4-2/h7-8,10,14H,3-6,9,11,17H2,1-2H3. The molecule has 0 aliphatic rings. The molecule has 0 bridgehead atoms. The van der Waals surface area contributed by atoms with E-state index in [2.05, 4.69) is 48.0 Å². The molecule has 18 heavy (non-hydrogen) atoms. The van der Waals surface area contributed by atoms with Gasteiger partial charge in [-0.25, -0.2) is 0 Å². The van der Waals surface area contributed by atoms with Crippen molar-refractivity contribution in [1.29, 1.82) is 0 Å². The van der Waals surface area contributed by atoms with Crippen LogP contribution in [0.15, 0.2) is 27.6 Å². The van der Waals surface area contributed by atoms with Crippen LogP contribution in [0, 0.1) is 0 Å². The molecule has 1 atom stereocenters. The van der Waals surface area contributed by atoms with Crippen molar-refractivity contribution in [3.05, 3.63) is 28.2 Å². The van der Waals surface area contributed by atoms with Gasteiger partial charge >= 0.3 is 0 Å². The Morgan fingerprint density at radius 1 is 1.28 bits per heavy atom. The summed E-state index contributed by atoms with van der Waals surface area (Å²) in [6.07, 6.45) is 5.93. The molecule has 1 nitrogen and oxygen atoms in total. The third kappa shape index (κ3) is 5.77. The lowest BCUT2D eigenvalue weighted by atomic mass is 10.1. The van der Waals surface area contributed by atoms with Gasteiger partial charge in [0.2, 0.25) is 0 Å². The normalized spacial score (nSPS) is 12.7. The van der Waals surface area contributed by atoms with Crippen molar-refractivity contribution in [3.8, 4) is 0 Å². The Labute approximate surface area is 124 Å². The largest absolute Gasteiger partial charge is 0.327 e. The molecule has 0 aliphatic heterocycles. The highest BCUT2D eigenvalue weighted by molar-refractivity contribution is 9.10. The molecule has 1 aromatic rings. The van der Waals surface area contributed by atoms with Crippen molar-refractivity contribution in [2.45, 2.75) is 56.9 Å². The van der Waals surface area contributed by atoms with E-state index in [4.69, 9.17) is 5.73 Å². The van der Waals surface area contributed by atoms with Crippen molar-refractivity contribution in [3.63, 3.8) is 0 Å². The zero-order valence-electron chi connectivity index (χ0n) is 11.4. The third-order valence-corrected chi connectivity index (χ3v) is 4.73. The van der Waals surface area contributed by atoms with E-state index in [1.807, 2.05) is 11.8 Å². The smallest absolute Gasteiger partial charge is 0.0178 e. The van der Waals surface area contributed by atoms with Crippen molar-refractivity contribution in [1.82, 2.24) is 0 Å². The lowest BCUT2D eigenvalue weighted by molar-refractivity contribution is 0.641. The quantitative estimate of drug-likeness (QED) is 0.535. The lowest BCUT2D eigenvalue weighted by Gasteiger charge is -2.13. The number of hydrogen-bond donors (Lipinski definition) is 1. The molecule has 0 aromatic heterocycles. The second kappa shape index (κ2) is 9.00. The zero-order valence-corrected chi connectivity index (χ0v) is 13.8. The number of benzene rings is 1. The fraction of sp³-hybridized carbons (Fsp3) is 0.600. The molecule has 0 aliphatic carbocycles. The van der Waals surface area contributed by atoms with E-state index in [-0.39, 0.29) is 6.04 Å². The summed E-state index contributed by atoms with van der Waals surface area (Å²) in [6, 6.07) is 6.84. The van der Waals surface area contributed by atoms with Crippen LogP contribution in [0.5, 0.6) is 0 Å². The fourth-order valence-electron chi connectivity index (χ4n) is 1.81. The summed E-state index contributed by atoms with van der Waals surface area (Å²) >= 11 is 5.52. The van der Waals surface area contributed by atoms with Gasteiger partial charge in [0.1, 0.15) is 0 Å². The Morgan fingerprint density at radius 3 is 2.72 bits per heavy atom. The topological polar surface area (TPSA) is 26.0 Å². The molecule has 1 rings (SSSR count). The molecule has 0 heterocycles. The molecule has 0 amide bonds. The Morgan fingerprint density at radius 2 is 2.06 bits per heavy atom. The van der Waals surface area contributed by atoms with E-state index < -0.39 is 0 Å². The molecule has 1 unspecified atom stereocenters. The predicted octanol–water partition coefficient (Wildman–Crippen LogP) is 5.01. The summed E-state index contributed by atoms with van der Waals surface area (Å²) in [5.41, 5.74) is 7.46. The molecule has 0 saturated carbocycles. The number of thioether (sulfide) groups is 1. The second-order valence-electron chi connectivity index (χ2n) is 4.68. The minimum atomic E-state index is 0.272. The van der Waals surface area contributed by atoms with Gasteiger partial charge in [0, 0.05) is 15.4 Å². The number of halogens is 1. The first-order valence-electron chi connectivity index (χ1n) is 6.84. The van der Waals surface area contributed by atoms with Crippen LogP contribution in [0.2, 0.25) is 0 Å². The van der Waals surface area contributed by atoms with Crippen molar-refractivity contribution < 1.29 is 0 Å². The third-order valence-electron chi connectivity index (χ3n) is 3.03. The van der Waals surface area contributed by atoms with E-state index in [1.54, 1.807) is 0 Å². The summed E-state index contributed by atoms with van der Waals surface area (Å²) in [5, 5.41) is 0. The number of hydrogen-bond acceptors (Lipinski definition) is 2. The SMILES string of the molecule is CCCCCSc1ccc(Br)cc1CC(N)CC. The molecular weight excluding hydrogens is 306 g/mol. The van der Waals surface area contributed by atoms with E-state index in [1.165, 1.54) is 35.5 Å². The van der Waals surface area contributed by atoms with Crippen LogP contribution in [0.4, 0.5) is 0 Å². The van der Waals surface area contributed by atoms with Gasteiger partial charge in [-0.2, -0.15) is 0 Å². The molecule has 3 heteroatoms. The average molecular weight is 330 g/mol. The second-order valence-corrected chi connectivity index (χ2v) is 6.73. The Hall–Kier alpha value is 0.01000. The van der Waals surface area contributed by atoms with Crippen LogP contribution >= 0.6 is 27.7 Å². The Bertz CT molecular complexity index is 354. The van der Waals surface area contributed by atoms with Crippen molar-refractivity contribution in [2.24, 2.45) is 5.73 Å². The van der Waals surface area contributed by atoms with Gasteiger partial charge in [0.05, 0.1) is 0 Å². The zero-order chi connectivity index (χ0) is 13.4.